The summed E-state index contributed by atoms with van der Waals surface area (Å²) in [6.45, 7) is 6.95. The van der Waals surface area contributed by atoms with Crippen LogP contribution < -0.4 is 5.32 Å². The van der Waals surface area contributed by atoms with Gasteiger partial charge in [-0.15, -0.1) is 11.3 Å². The van der Waals surface area contributed by atoms with Crippen molar-refractivity contribution in [3.8, 4) is 0 Å². The van der Waals surface area contributed by atoms with E-state index in [1.807, 2.05) is 11.3 Å². The highest BCUT2D eigenvalue weighted by molar-refractivity contribution is 7.10. The van der Waals surface area contributed by atoms with Crippen molar-refractivity contribution in [3.63, 3.8) is 0 Å². The second-order valence-electron chi connectivity index (χ2n) is 5.17. The van der Waals surface area contributed by atoms with Crippen LogP contribution in [0.1, 0.15) is 51.0 Å². The Morgan fingerprint density at radius 1 is 1.44 bits per heavy atom. The molecule has 1 fully saturated rings. The van der Waals surface area contributed by atoms with E-state index in [1.165, 1.54) is 24.1 Å². The Morgan fingerprint density at radius 3 is 2.69 bits per heavy atom. The third-order valence-electron chi connectivity index (χ3n) is 3.88. The van der Waals surface area contributed by atoms with E-state index in [2.05, 4.69) is 43.6 Å². The molecule has 3 atom stereocenters. The molecular formula is C14H23NS. The van der Waals surface area contributed by atoms with Crippen LogP contribution in [0.15, 0.2) is 17.5 Å². The van der Waals surface area contributed by atoms with Gasteiger partial charge in [-0.3, -0.25) is 0 Å². The molecule has 0 aliphatic heterocycles. The zero-order valence-corrected chi connectivity index (χ0v) is 11.4. The minimum atomic E-state index is 0.615. The predicted molar refractivity (Wildman–Crippen MR) is 71.8 cm³/mol. The fourth-order valence-electron chi connectivity index (χ4n) is 2.15. The third-order valence-corrected chi connectivity index (χ3v) is 4.84. The minimum absolute atomic E-state index is 0.615. The van der Waals surface area contributed by atoms with Gasteiger partial charge in [0.15, 0.2) is 0 Å². The molecule has 0 amide bonds. The normalized spacial score (nSPS) is 21.7. The molecule has 1 nitrogen and oxygen atoms in total. The molecule has 1 N–H and O–H groups in total. The van der Waals surface area contributed by atoms with Crippen LogP contribution in [0.3, 0.4) is 0 Å². The molecule has 90 valence electrons. The Kier molecular flexibility index (Phi) is 4.04. The van der Waals surface area contributed by atoms with Crippen molar-refractivity contribution in [1.29, 1.82) is 0 Å². The molecule has 0 radical (unpaired) electrons. The molecule has 1 aromatic heterocycles. The number of rotatable bonds is 6. The lowest BCUT2D eigenvalue weighted by molar-refractivity contribution is 0.335. The summed E-state index contributed by atoms with van der Waals surface area (Å²) in [4.78, 5) is 1.53. The second kappa shape index (κ2) is 5.33. The van der Waals surface area contributed by atoms with Gasteiger partial charge in [0, 0.05) is 17.0 Å². The highest BCUT2D eigenvalue weighted by atomic mass is 32.1. The van der Waals surface area contributed by atoms with Crippen LogP contribution in [0.25, 0.3) is 0 Å². The van der Waals surface area contributed by atoms with Crippen LogP contribution in [0.4, 0.5) is 0 Å². The van der Waals surface area contributed by atoms with E-state index >= 15 is 0 Å². The van der Waals surface area contributed by atoms with E-state index in [4.69, 9.17) is 0 Å². The Hall–Kier alpha value is -0.340. The van der Waals surface area contributed by atoms with Crippen molar-refractivity contribution in [3.05, 3.63) is 22.4 Å². The fourth-order valence-corrected chi connectivity index (χ4v) is 3.03. The number of thiophene rings is 1. The van der Waals surface area contributed by atoms with Crippen LogP contribution >= 0.6 is 11.3 Å². The SMILES string of the molecule is CCC(C)C(C)NC(c1cccs1)C1CC1. The van der Waals surface area contributed by atoms with Gasteiger partial charge in [0.1, 0.15) is 0 Å². The van der Waals surface area contributed by atoms with E-state index in [0.717, 1.165) is 11.8 Å². The molecule has 0 aromatic carbocycles. The third kappa shape index (κ3) is 2.86. The van der Waals surface area contributed by atoms with E-state index in [9.17, 15) is 0 Å². The highest BCUT2D eigenvalue weighted by Crippen LogP contribution is 2.42. The molecule has 16 heavy (non-hydrogen) atoms. The Balaban J connectivity index is 1.98. The van der Waals surface area contributed by atoms with Crippen LogP contribution in [-0.4, -0.2) is 6.04 Å². The first kappa shape index (κ1) is 12.1. The van der Waals surface area contributed by atoms with Crippen molar-refractivity contribution in [2.75, 3.05) is 0 Å². The maximum absolute atomic E-state index is 3.84. The monoisotopic (exact) mass is 237 g/mol. The molecule has 1 aliphatic rings. The molecule has 0 spiro atoms. The Labute approximate surface area is 103 Å². The van der Waals surface area contributed by atoms with Crippen LogP contribution in [0, 0.1) is 11.8 Å². The zero-order valence-electron chi connectivity index (χ0n) is 10.6. The summed E-state index contributed by atoms with van der Waals surface area (Å²) in [6, 6.07) is 5.69. The summed E-state index contributed by atoms with van der Waals surface area (Å²) in [5, 5.41) is 6.04. The maximum atomic E-state index is 3.84. The van der Waals surface area contributed by atoms with Gasteiger partial charge in [-0.25, -0.2) is 0 Å². The van der Waals surface area contributed by atoms with Gasteiger partial charge in [-0.1, -0.05) is 26.3 Å². The number of nitrogens with one attached hydrogen (secondary N) is 1. The van der Waals surface area contributed by atoms with Gasteiger partial charge in [0.25, 0.3) is 0 Å². The second-order valence-corrected chi connectivity index (χ2v) is 6.15. The zero-order chi connectivity index (χ0) is 11.5. The first-order valence-electron chi connectivity index (χ1n) is 6.51. The molecule has 0 bridgehead atoms. The fraction of sp³-hybridized carbons (Fsp3) is 0.714. The van der Waals surface area contributed by atoms with Crippen molar-refractivity contribution < 1.29 is 0 Å². The van der Waals surface area contributed by atoms with Crippen LogP contribution in [0.2, 0.25) is 0 Å². The summed E-state index contributed by atoms with van der Waals surface area (Å²) in [6.07, 6.45) is 4.07. The van der Waals surface area contributed by atoms with Crippen molar-refractivity contribution in [2.45, 2.75) is 52.1 Å². The van der Waals surface area contributed by atoms with E-state index < -0.39 is 0 Å². The molecule has 2 heteroatoms. The van der Waals surface area contributed by atoms with Crippen LogP contribution in [-0.2, 0) is 0 Å². The maximum Gasteiger partial charge on any atom is 0.0445 e. The molecule has 1 saturated carbocycles. The molecular weight excluding hydrogens is 214 g/mol. The molecule has 0 saturated heterocycles. The quantitative estimate of drug-likeness (QED) is 0.781. The highest BCUT2D eigenvalue weighted by Gasteiger charge is 2.33. The topological polar surface area (TPSA) is 12.0 Å². The standard InChI is InChI=1S/C14H23NS/c1-4-10(2)11(3)15-14(12-7-8-12)13-6-5-9-16-13/h5-6,9-12,14-15H,4,7-8H2,1-3H3. The lowest BCUT2D eigenvalue weighted by atomic mass is 9.99. The summed E-state index contributed by atoms with van der Waals surface area (Å²) >= 11 is 1.90. The summed E-state index contributed by atoms with van der Waals surface area (Å²) in [5.41, 5.74) is 0. The van der Waals surface area contributed by atoms with Crippen LogP contribution in [0.5, 0.6) is 0 Å². The number of hydrogen-bond acceptors (Lipinski definition) is 2. The summed E-state index contributed by atoms with van der Waals surface area (Å²) < 4.78 is 0. The average Bonchev–Trinajstić information content (AvgIpc) is 2.99. The largest absolute Gasteiger partial charge is 0.306 e. The first-order valence-corrected chi connectivity index (χ1v) is 7.39. The minimum Gasteiger partial charge on any atom is -0.306 e. The Bertz CT molecular complexity index is 303. The van der Waals surface area contributed by atoms with Crippen molar-refractivity contribution in [2.24, 2.45) is 11.8 Å². The first-order chi connectivity index (χ1) is 7.72. The lowest BCUT2D eigenvalue weighted by Gasteiger charge is -2.26. The molecule has 2 rings (SSSR count). The van der Waals surface area contributed by atoms with E-state index in [0.29, 0.717) is 12.1 Å². The molecule has 3 unspecified atom stereocenters. The van der Waals surface area contributed by atoms with Crippen molar-refractivity contribution in [1.82, 2.24) is 5.32 Å². The summed E-state index contributed by atoms with van der Waals surface area (Å²) in [7, 11) is 0. The van der Waals surface area contributed by atoms with Gasteiger partial charge in [-0.05, 0) is 43.0 Å². The van der Waals surface area contributed by atoms with Gasteiger partial charge >= 0.3 is 0 Å². The predicted octanol–water partition coefficient (Wildman–Crippen LogP) is 4.22. The van der Waals surface area contributed by atoms with Gasteiger partial charge in [0.2, 0.25) is 0 Å². The average molecular weight is 237 g/mol. The Morgan fingerprint density at radius 2 is 2.19 bits per heavy atom. The number of hydrogen-bond donors (Lipinski definition) is 1. The van der Waals surface area contributed by atoms with Crippen molar-refractivity contribution >= 4 is 11.3 Å². The lowest BCUT2D eigenvalue weighted by Crippen LogP contribution is -2.35. The van der Waals surface area contributed by atoms with E-state index in [-0.39, 0.29) is 0 Å². The molecule has 1 aromatic rings. The molecule has 1 heterocycles. The van der Waals surface area contributed by atoms with Gasteiger partial charge in [0.05, 0.1) is 0 Å². The van der Waals surface area contributed by atoms with Gasteiger partial charge in [-0.2, -0.15) is 0 Å². The van der Waals surface area contributed by atoms with Gasteiger partial charge < -0.3 is 5.32 Å². The smallest absolute Gasteiger partial charge is 0.0445 e. The van der Waals surface area contributed by atoms with E-state index in [1.54, 1.807) is 0 Å². The molecule has 1 aliphatic carbocycles. The summed E-state index contributed by atoms with van der Waals surface area (Å²) in [5.74, 6) is 1.66.